The van der Waals surface area contributed by atoms with Crippen LogP contribution in [0.2, 0.25) is 0 Å². The molecule has 0 aromatic rings. The Labute approximate surface area is 67.6 Å². The Hall–Kier alpha value is -0.970. The van der Waals surface area contributed by atoms with E-state index in [9.17, 15) is 4.79 Å². The number of hydrogen-bond donors (Lipinski definition) is 0. The predicted molar refractivity (Wildman–Crippen MR) is 43.8 cm³/mol. The van der Waals surface area contributed by atoms with Crippen molar-refractivity contribution in [1.29, 1.82) is 0 Å². The van der Waals surface area contributed by atoms with Gasteiger partial charge in [-0.05, 0) is 18.8 Å². The average molecular weight is 151 g/mol. The third-order valence-electron chi connectivity index (χ3n) is 1.91. The molecule has 0 radical (unpaired) electrons. The molecule has 0 aliphatic heterocycles. The molecule has 0 spiro atoms. The maximum Gasteiger partial charge on any atom is 0.223 e. The Kier molecular flexibility index (Phi) is 2.53. The van der Waals surface area contributed by atoms with Gasteiger partial charge in [-0.1, -0.05) is 5.92 Å². The Morgan fingerprint density at radius 2 is 2.36 bits per heavy atom. The number of carbonyl (C=O) groups excluding carboxylic acids is 1. The molecule has 0 unspecified atom stereocenters. The Morgan fingerprint density at radius 1 is 1.73 bits per heavy atom. The van der Waals surface area contributed by atoms with E-state index in [0.29, 0.717) is 18.9 Å². The van der Waals surface area contributed by atoms with Crippen molar-refractivity contribution in [2.45, 2.75) is 19.3 Å². The van der Waals surface area contributed by atoms with E-state index in [0.717, 1.165) is 0 Å². The van der Waals surface area contributed by atoms with Crippen molar-refractivity contribution in [2.24, 2.45) is 5.92 Å². The molecule has 1 saturated carbocycles. The van der Waals surface area contributed by atoms with Gasteiger partial charge in [-0.3, -0.25) is 4.79 Å². The number of carbonyl (C=O) groups is 1. The molecular weight excluding hydrogens is 138 g/mol. The minimum atomic E-state index is 0.186. The summed E-state index contributed by atoms with van der Waals surface area (Å²) in [6.07, 6.45) is 8.20. The zero-order chi connectivity index (χ0) is 8.27. The van der Waals surface area contributed by atoms with Crippen molar-refractivity contribution in [2.75, 3.05) is 13.6 Å². The van der Waals surface area contributed by atoms with Crippen LogP contribution in [-0.2, 0) is 4.79 Å². The highest BCUT2D eigenvalue weighted by Crippen LogP contribution is 2.32. The topological polar surface area (TPSA) is 20.3 Å². The molecule has 0 bridgehead atoms. The van der Waals surface area contributed by atoms with E-state index < -0.39 is 0 Å². The van der Waals surface area contributed by atoms with Crippen molar-refractivity contribution in [1.82, 2.24) is 4.90 Å². The van der Waals surface area contributed by atoms with Gasteiger partial charge < -0.3 is 4.90 Å². The second-order valence-electron chi connectivity index (χ2n) is 3.10. The normalized spacial score (nSPS) is 15.6. The van der Waals surface area contributed by atoms with E-state index in [1.165, 1.54) is 12.8 Å². The molecule has 11 heavy (non-hydrogen) atoms. The number of rotatable bonds is 3. The van der Waals surface area contributed by atoms with Crippen LogP contribution in [-0.4, -0.2) is 24.4 Å². The molecule has 0 aromatic heterocycles. The van der Waals surface area contributed by atoms with Gasteiger partial charge in [0.15, 0.2) is 0 Å². The molecule has 1 fully saturated rings. The summed E-state index contributed by atoms with van der Waals surface area (Å²) in [5.41, 5.74) is 0. The molecule has 1 aliphatic rings. The van der Waals surface area contributed by atoms with Crippen LogP contribution in [0.15, 0.2) is 0 Å². The third kappa shape index (κ3) is 2.63. The molecule has 2 nitrogen and oxygen atoms in total. The zero-order valence-corrected chi connectivity index (χ0v) is 6.84. The lowest BCUT2D eigenvalue weighted by Gasteiger charge is -2.12. The summed E-state index contributed by atoms with van der Waals surface area (Å²) in [5, 5.41) is 0. The lowest BCUT2D eigenvalue weighted by atomic mass is 10.2. The summed E-state index contributed by atoms with van der Waals surface area (Å²) in [4.78, 5) is 12.8. The highest BCUT2D eigenvalue weighted by Gasteiger charge is 2.25. The second kappa shape index (κ2) is 3.43. The van der Waals surface area contributed by atoms with Gasteiger partial charge in [0.25, 0.3) is 0 Å². The fraction of sp³-hybridized carbons (Fsp3) is 0.667. The highest BCUT2D eigenvalue weighted by atomic mass is 16.2. The lowest BCUT2D eigenvalue weighted by molar-refractivity contribution is -0.129. The van der Waals surface area contributed by atoms with Crippen LogP contribution in [0.1, 0.15) is 19.3 Å². The van der Waals surface area contributed by atoms with Gasteiger partial charge in [-0.25, -0.2) is 0 Å². The average Bonchev–Trinajstić information content (AvgIpc) is 2.72. The third-order valence-corrected chi connectivity index (χ3v) is 1.91. The standard InChI is InChI=1S/C9H13NO/c1-3-6-10(2)9(11)7-8-4-5-8/h1,8H,4-7H2,2H3. The molecule has 0 heterocycles. The molecule has 1 aliphatic carbocycles. The van der Waals surface area contributed by atoms with Gasteiger partial charge in [0, 0.05) is 13.5 Å². The first-order valence-corrected chi connectivity index (χ1v) is 3.91. The van der Waals surface area contributed by atoms with Crippen LogP contribution in [0.4, 0.5) is 0 Å². The molecule has 60 valence electrons. The van der Waals surface area contributed by atoms with Crippen LogP contribution in [0.3, 0.4) is 0 Å². The van der Waals surface area contributed by atoms with Crippen molar-refractivity contribution < 1.29 is 4.79 Å². The van der Waals surface area contributed by atoms with Crippen LogP contribution < -0.4 is 0 Å². The van der Waals surface area contributed by atoms with Crippen LogP contribution in [0.5, 0.6) is 0 Å². The Morgan fingerprint density at radius 3 is 2.82 bits per heavy atom. The molecule has 2 heteroatoms. The van der Waals surface area contributed by atoms with E-state index in [4.69, 9.17) is 6.42 Å². The fourth-order valence-corrected chi connectivity index (χ4v) is 0.950. The van der Waals surface area contributed by atoms with Crippen molar-refractivity contribution >= 4 is 5.91 Å². The largest absolute Gasteiger partial charge is 0.335 e. The summed E-state index contributed by atoms with van der Waals surface area (Å²) in [6.45, 7) is 0.436. The highest BCUT2D eigenvalue weighted by molar-refractivity contribution is 5.76. The van der Waals surface area contributed by atoms with Crippen LogP contribution in [0, 0.1) is 18.3 Å². The monoisotopic (exact) mass is 151 g/mol. The Balaban J connectivity index is 2.22. The molecule has 0 atom stereocenters. The van der Waals surface area contributed by atoms with Crippen molar-refractivity contribution in [3.63, 3.8) is 0 Å². The minimum Gasteiger partial charge on any atom is -0.335 e. The quantitative estimate of drug-likeness (QED) is 0.548. The minimum absolute atomic E-state index is 0.186. The summed E-state index contributed by atoms with van der Waals surface area (Å²) < 4.78 is 0. The molecule has 0 aromatic carbocycles. The summed E-state index contributed by atoms with van der Waals surface area (Å²) in [5.74, 6) is 3.29. The van der Waals surface area contributed by atoms with E-state index in [1.54, 1.807) is 11.9 Å². The van der Waals surface area contributed by atoms with Crippen molar-refractivity contribution in [3.8, 4) is 12.3 Å². The van der Waals surface area contributed by atoms with Gasteiger partial charge in [0.1, 0.15) is 0 Å². The lowest BCUT2D eigenvalue weighted by Crippen LogP contribution is -2.26. The van der Waals surface area contributed by atoms with E-state index in [2.05, 4.69) is 5.92 Å². The molecule has 1 rings (SSSR count). The van der Waals surface area contributed by atoms with Crippen LogP contribution in [0.25, 0.3) is 0 Å². The van der Waals surface area contributed by atoms with E-state index in [1.807, 2.05) is 0 Å². The van der Waals surface area contributed by atoms with Gasteiger partial charge in [0.05, 0.1) is 6.54 Å². The van der Waals surface area contributed by atoms with Crippen molar-refractivity contribution in [3.05, 3.63) is 0 Å². The van der Waals surface area contributed by atoms with Crippen LogP contribution >= 0.6 is 0 Å². The number of amides is 1. The molecule has 1 amide bonds. The zero-order valence-electron chi connectivity index (χ0n) is 6.84. The molecule has 0 N–H and O–H groups in total. The number of terminal acetylenes is 1. The first-order chi connectivity index (χ1) is 5.24. The first-order valence-electron chi connectivity index (χ1n) is 3.91. The Bertz CT molecular complexity index is 188. The van der Waals surface area contributed by atoms with Gasteiger partial charge >= 0.3 is 0 Å². The number of nitrogens with zero attached hydrogens (tertiary/aromatic N) is 1. The maximum absolute atomic E-state index is 11.2. The second-order valence-corrected chi connectivity index (χ2v) is 3.10. The van der Waals surface area contributed by atoms with Gasteiger partial charge in [-0.2, -0.15) is 0 Å². The summed E-state index contributed by atoms with van der Waals surface area (Å²) in [6, 6.07) is 0. The first kappa shape index (κ1) is 8.13. The smallest absolute Gasteiger partial charge is 0.223 e. The predicted octanol–water partition coefficient (Wildman–Crippen LogP) is 0.878. The molecular formula is C9H13NO. The van der Waals surface area contributed by atoms with Gasteiger partial charge in [-0.15, -0.1) is 6.42 Å². The summed E-state index contributed by atoms with van der Waals surface area (Å²) in [7, 11) is 1.75. The van der Waals surface area contributed by atoms with E-state index in [-0.39, 0.29) is 5.91 Å². The maximum atomic E-state index is 11.2. The number of hydrogen-bond acceptors (Lipinski definition) is 1. The van der Waals surface area contributed by atoms with Gasteiger partial charge in [0.2, 0.25) is 5.91 Å². The SMILES string of the molecule is C#CCN(C)C(=O)CC1CC1. The van der Waals surface area contributed by atoms with E-state index >= 15 is 0 Å². The molecule has 0 saturated heterocycles. The summed E-state index contributed by atoms with van der Waals surface area (Å²) >= 11 is 0. The fourth-order valence-electron chi connectivity index (χ4n) is 0.950.